The van der Waals surface area contributed by atoms with Gasteiger partial charge >= 0.3 is 0 Å². The molecule has 92 valence electrons. The van der Waals surface area contributed by atoms with Crippen molar-refractivity contribution in [3.8, 4) is 5.75 Å². The van der Waals surface area contributed by atoms with E-state index in [2.05, 4.69) is 51.6 Å². The summed E-state index contributed by atoms with van der Waals surface area (Å²) in [6, 6.07) is 16.8. The smallest absolute Gasteiger partial charge is 0.124 e. The highest BCUT2D eigenvalue weighted by atomic mass is 79.9. The second-order valence-electron chi connectivity index (χ2n) is 4.37. The van der Waals surface area contributed by atoms with Gasteiger partial charge in [-0.15, -0.1) is 0 Å². The molecule has 1 unspecified atom stereocenters. The van der Waals surface area contributed by atoms with E-state index < -0.39 is 0 Å². The highest BCUT2D eigenvalue weighted by Gasteiger charge is 2.22. The van der Waals surface area contributed by atoms with Crippen molar-refractivity contribution in [2.24, 2.45) is 0 Å². The van der Waals surface area contributed by atoms with Crippen LogP contribution in [0.1, 0.15) is 17.2 Å². The van der Waals surface area contributed by atoms with E-state index in [0.717, 1.165) is 16.8 Å². The number of hydrogen-bond donors (Lipinski definition) is 1. The fourth-order valence-corrected chi connectivity index (χ4v) is 2.63. The Kier molecular flexibility index (Phi) is 3.35. The molecule has 1 heterocycles. The molecule has 0 saturated heterocycles. The lowest BCUT2D eigenvalue weighted by Crippen LogP contribution is -2.22. The maximum atomic E-state index is 5.66. The molecule has 0 aliphatic carbocycles. The van der Waals surface area contributed by atoms with Crippen molar-refractivity contribution in [2.45, 2.75) is 12.6 Å². The van der Waals surface area contributed by atoms with E-state index in [-0.39, 0.29) is 6.04 Å². The molecule has 1 aliphatic rings. The second-order valence-corrected chi connectivity index (χ2v) is 5.23. The average Bonchev–Trinajstić information content (AvgIpc) is 2.81. The van der Waals surface area contributed by atoms with Crippen molar-refractivity contribution < 1.29 is 4.74 Å². The lowest BCUT2D eigenvalue weighted by Gasteiger charge is -2.12. The van der Waals surface area contributed by atoms with Crippen LogP contribution >= 0.6 is 15.9 Å². The molecule has 1 N–H and O–H groups in total. The van der Waals surface area contributed by atoms with E-state index in [1.807, 2.05) is 18.2 Å². The molecule has 2 aromatic carbocycles. The van der Waals surface area contributed by atoms with Crippen molar-refractivity contribution in [1.82, 2.24) is 5.32 Å². The lowest BCUT2D eigenvalue weighted by molar-refractivity contribution is 0.310. The molecule has 2 nitrogen and oxygen atoms in total. The Hall–Kier alpha value is -1.32. The Morgan fingerprint density at radius 1 is 1.11 bits per heavy atom. The lowest BCUT2D eigenvalue weighted by atomic mass is 10.1. The molecule has 18 heavy (non-hydrogen) atoms. The minimum atomic E-state index is 0.285. The van der Waals surface area contributed by atoms with Crippen molar-refractivity contribution in [3.05, 3.63) is 64.1 Å². The number of halogens is 1. The van der Waals surface area contributed by atoms with Crippen molar-refractivity contribution in [3.63, 3.8) is 0 Å². The third-order valence-electron chi connectivity index (χ3n) is 3.20. The zero-order valence-electron chi connectivity index (χ0n) is 9.90. The molecular formula is C15H14BrNO. The number of fused-ring (bicyclic) bond motifs is 1. The number of para-hydroxylation sites is 1. The fourth-order valence-electron chi connectivity index (χ4n) is 2.21. The van der Waals surface area contributed by atoms with E-state index in [1.165, 1.54) is 11.1 Å². The van der Waals surface area contributed by atoms with Gasteiger partial charge in [0.15, 0.2) is 0 Å². The molecule has 0 radical (unpaired) electrons. The highest BCUT2D eigenvalue weighted by Crippen LogP contribution is 2.32. The zero-order valence-corrected chi connectivity index (χ0v) is 11.5. The van der Waals surface area contributed by atoms with Gasteiger partial charge in [0.05, 0.1) is 6.04 Å². The predicted octanol–water partition coefficient (Wildman–Crippen LogP) is 3.67. The van der Waals surface area contributed by atoms with Gasteiger partial charge in [-0.25, -0.2) is 0 Å². The van der Waals surface area contributed by atoms with Crippen LogP contribution in [0.5, 0.6) is 5.75 Å². The summed E-state index contributed by atoms with van der Waals surface area (Å²) in [5, 5.41) is 3.54. The molecule has 0 fully saturated rings. The quantitative estimate of drug-likeness (QED) is 0.934. The van der Waals surface area contributed by atoms with E-state index in [1.54, 1.807) is 0 Å². The summed E-state index contributed by atoms with van der Waals surface area (Å²) in [5.41, 5.74) is 2.52. The van der Waals surface area contributed by atoms with Gasteiger partial charge in [0, 0.05) is 16.6 Å². The van der Waals surface area contributed by atoms with Crippen LogP contribution in [0.25, 0.3) is 0 Å². The molecule has 0 aromatic heterocycles. The maximum Gasteiger partial charge on any atom is 0.124 e. The topological polar surface area (TPSA) is 21.3 Å². The standard InChI is InChI=1S/C15H14BrNO/c16-13-7-3-1-5-11(13)9-17-14-10-18-15-8-4-2-6-12(14)15/h1-8,14,17H,9-10H2. The monoisotopic (exact) mass is 303 g/mol. The third kappa shape index (κ3) is 2.28. The van der Waals surface area contributed by atoms with Gasteiger partial charge in [-0.1, -0.05) is 52.3 Å². The van der Waals surface area contributed by atoms with E-state index >= 15 is 0 Å². The maximum absolute atomic E-state index is 5.66. The molecule has 0 saturated carbocycles. The Bertz CT molecular complexity index is 556. The molecule has 1 aliphatic heterocycles. The van der Waals surface area contributed by atoms with Gasteiger partial charge < -0.3 is 10.1 Å². The van der Waals surface area contributed by atoms with Crippen LogP contribution in [-0.4, -0.2) is 6.61 Å². The fraction of sp³-hybridized carbons (Fsp3) is 0.200. The molecule has 3 heteroatoms. The summed E-state index contributed by atoms with van der Waals surface area (Å²) in [6.07, 6.45) is 0. The van der Waals surface area contributed by atoms with Crippen molar-refractivity contribution >= 4 is 15.9 Å². The third-order valence-corrected chi connectivity index (χ3v) is 3.97. The highest BCUT2D eigenvalue weighted by molar-refractivity contribution is 9.10. The number of hydrogen-bond acceptors (Lipinski definition) is 2. The summed E-state index contributed by atoms with van der Waals surface area (Å²) in [6.45, 7) is 1.55. The Balaban J connectivity index is 1.71. The van der Waals surface area contributed by atoms with Gasteiger partial charge in [-0.3, -0.25) is 0 Å². The Labute approximate surface area is 115 Å². The SMILES string of the molecule is Brc1ccccc1CNC1COc2ccccc21. The van der Waals surface area contributed by atoms with Gasteiger partial charge in [-0.05, 0) is 17.7 Å². The molecule has 0 amide bonds. The van der Waals surface area contributed by atoms with Crippen LogP contribution in [0.3, 0.4) is 0 Å². The zero-order chi connectivity index (χ0) is 12.4. The van der Waals surface area contributed by atoms with E-state index in [0.29, 0.717) is 6.61 Å². The minimum absolute atomic E-state index is 0.285. The molecule has 2 aromatic rings. The Morgan fingerprint density at radius 2 is 1.89 bits per heavy atom. The van der Waals surface area contributed by atoms with Gasteiger partial charge in [0.1, 0.15) is 12.4 Å². The minimum Gasteiger partial charge on any atom is -0.491 e. The van der Waals surface area contributed by atoms with Gasteiger partial charge in [0.2, 0.25) is 0 Å². The van der Waals surface area contributed by atoms with Crippen LogP contribution in [-0.2, 0) is 6.54 Å². The van der Waals surface area contributed by atoms with E-state index in [9.17, 15) is 0 Å². The van der Waals surface area contributed by atoms with E-state index in [4.69, 9.17) is 4.74 Å². The number of nitrogens with one attached hydrogen (secondary N) is 1. The van der Waals surface area contributed by atoms with Gasteiger partial charge in [0.25, 0.3) is 0 Å². The number of benzene rings is 2. The van der Waals surface area contributed by atoms with Crippen molar-refractivity contribution in [1.29, 1.82) is 0 Å². The summed E-state index contributed by atoms with van der Waals surface area (Å²) in [5.74, 6) is 1.00. The van der Waals surface area contributed by atoms with Crippen LogP contribution < -0.4 is 10.1 Å². The first-order chi connectivity index (χ1) is 8.84. The molecular weight excluding hydrogens is 290 g/mol. The summed E-state index contributed by atoms with van der Waals surface area (Å²) >= 11 is 3.57. The van der Waals surface area contributed by atoms with Crippen LogP contribution in [0.15, 0.2) is 53.0 Å². The van der Waals surface area contributed by atoms with Crippen LogP contribution in [0.4, 0.5) is 0 Å². The Morgan fingerprint density at radius 3 is 2.78 bits per heavy atom. The largest absolute Gasteiger partial charge is 0.491 e. The summed E-state index contributed by atoms with van der Waals surface area (Å²) in [4.78, 5) is 0. The van der Waals surface area contributed by atoms with Crippen LogP contribution in [0.2, 0.25) is 0 Å². The van der Waals surface area contributed by atoms with Crippen molar-refractivity contribution in [2.75, 3.05) is 6.61 Å². The summed E-state index contributed by atoms with van der Waals surface area (Å²) < 4.78 is 6.80. The first-order valence-corrected chi connectivity index (χ1v) is 6.82. The predicted molar refractivity (Wildman–Crippen MR) is 75.7 cm³/mol. The molecule has 0 spiro atoms. The normalized spacial score (nSPS) is 17.3. The summed E-state index contributed by atoms with van der Waals surface area (Å²) in [7, 11) is 0. The molecule has 3 rings (SSSR count). The molecule has 0 bridgehead atoms. The molecule has 1 atom stereocenters. The first kappa shape index (κ1) is 11.8. The first-order valence-electron chi connectivity index (χ1n) is 6.03. The number of rotatable bonds is 3. The average molecular weight is 304 g/mol. The number of ether oxygens (including phenoxy) is 1. The van der Waals surface area contributed by atoms with Crippen LogP contribution in [0, 0.1) is 0 Å². The second kappa shape index (κ2) is 5.12. The van der Waals surface area contributed by atoms with Gasteiger partial charge in [-0.2, -0.15) is 0 Å².